The Balaban J connectivity index is 1.80. The van der Waals surface area contributed by atoms with E-state index >= 15 is 0 Å². The predicted molar refractivity (Wildman–Crippen MR) is 114 cm³/mol. The van der Waals surface area contributed by atoms with Crippen molar-refractivity contribution in [1.29, 1.82) is 0 Å². The van der Waals surface area contributed by atoms with E-state index in [1.165, 1.54) is 12.7 Å². The van der Waals surface area contributed by atoms with Gasteiger partial charge >= 0.3 is 0 Å². The minimum absolute atomic E-state index is 0.227. The van der Waals surface area contributed by atoms with Crippen LogP contribution in [0.2, 0.25) is 0 Å². The van der Waals surface area contributed by atoms with E-state index in [0.717, 1.165) is 35.7 Å². The maximum absolute atomic E-state index is 12.0. The molecular formula is C21H29N3O4S. The summed E-state index contributed by atoms with van der Waals surface area (Å²) in [6.07, 6.45) is 3.27. The molecule has 1 heterocycles. The predicted octanol–water partition coefficient (Wildman–Crippen LogP) is 2.61. The zero-order chi connectivity index (χ0) is 20.9. The maximum atomic E-state index is 12.0. The summed E-state index contributed by atoms with van der Waals surface area (Å²) in [7, 11) is -0.601. The van der Waals surface area contributed by atoms with Crippen LogP contribution >= 0.6 is 0 Å². The van der Waals surface area contributed by atoms with E-state index in [9.17, 15) is 8.42 Å². The Morgan fingerprint density at radius 1 is 1.17 bits per heavy atom. The highest BCUT2D eigenvalue weighted by Crippen LogP contribution is 2.28. The quantitative estimate of drug-likeness (QED) is 0.641. The molecule has 0 bridgehead atoms. The highest BCUT2D eigenvalue weighted by Gasteiger charge is 2.26. The van der Waals surface area contributed by atoms with E-state index in [1.807, 2.05) is 6.07 Å². The fraction of sp³-hybridized carbons (Fsp3) is 0.429. The summed E-state index contributed by atoms with van der Waals surface area (Å²) in [5.41, 5.74) is 2.56. The van der Waals surface area contributed by atoms with Gasteiger partial charge < -0.3 is 15.4 Å². The third-order valence-corrected chi connectivity index (χ3v) is 6.08. The van der Waals surface area contributed by atoms with Gasteiger partial charge in [0.25, 0.3) is 10.0 Å². The van der Waals surface area contributed by atoms with Gasteiger partial charge in [-0.3, -0.25) is 4.84 Å². The fourth-order valence-electron chi connectivity index (χ4n) is 3.81. The van der Waals surface area contributed by atoms with E-state index in [0.29, 0.717) is 18.0 Å². The third-order valence-electron chi connectivity index (χ3n) is 5.11. The summed E-state index contributed by atoms with van der Waals surface area (Å²) in [6, 6.07) is 16.1. The molecule has 1 saturated heterocycles. The van der Waals surface area contributed by atoms with Crippen LogP contribution in [0.25, 0.3) is 0 Å². The zero-order valence-electron chi connectivity index (χ0n) is 17.1. The molecule has 1 aliphatic rings. The SMILES string of the molecule is COc1ccc(N(OC)S(C)(=O)=O)cc1CNC1CCCNC1c1ccccc1. The Labute approximate surface area is 173 Å². The van der Waals surface area contributed by atoms with E-state index < -0.39 is 10.0 Å². The average molecular weight is 420 g/mol. The van der Waals surface area contributed by atoms with Gasteiger partial charge in [0.2, 0.25) is 0 Å². The molecule has 2 aromatic rings. The molecule has 29 heavy (non-hydrogen) atoms. The van der Waals surface area contributed by atoms with Gasteiger partial charge in [-0.05, 0) is 43.1 Å². The van der Waals surface area contributed by atoms with Crippen molar-refractivity contribution in [3.8, 4) is 5.75 Å². The van der Waals surface area contributed by atoms with Gasteiger partial charge in [-0.2, -0.15) is 0 Å². The normalized spacial score (nSPS) is 19.7. The molecule has 1 aliphatic heterocycles. The van der Waals surface area contributed by atoms with Crippen LogP contribution in [0.4, 0.5) is 5.69 Å². The van der Waals surface area contributed by atoms with Gasteiger partial charge in [-0.1, -0.05) is 30.3 Å². The molecule has 158 valence electrons. The van der Waals surface area contributed by atoms with Gasteiger partial charge in [0.1, 0.15) is 5.75 Å². The van der Waals surface area contributed by atoms with E-state index in [2.05, 4.69) is 34.9 Å². The van der Waals surface area contributed by atoms with E-state index in [-0.39, 0.29) is 12.1 Å². The number of sulfonamides is 1. The number of rotatable bonds is 8. The Hall–Kier alpha value is -2.13. The van der Waals surface area contributed by atoms with Crippen molar-refractivity contribution < 1.29 is 18.0 Å². The number of ether oxygens (including phenoxy) is 1. The number of nitrogens with one attached hydrogen (secondary N) is 2. The second kappa shape index (κ2) is 9.58. The molecule has 2 N–H and O–H groups in total. The summed E-state index contributed by atoms with van der Waals surface area (Å²) in [6.45, 7) is 1.54. The Morgan fingerprint density at radius 2 is 1.93 bits per heavy atom. The highest BCUT2D eigenvalue weighted by molar-refractivity contribution is 7.91. The molecular weight excluding hydrogens is 390 g/mol. The molecule has 1 fully saturated rings. The van der Waals surface area contributed by atoms with Gasteiger partial charge in [-0.25, -0.2) is 8.42 Å². The van der Waals surface area contributed by atoms with Crippen LogP contribution in [0.5, 0.6) is 5.75 Å². The van der Waals surface area contributed by atoms with E-state index in [4.69, 9.17) is 9.57 Å². The van der Waals surface area contributed by atoms with Crippen molar-refractivity contribution in [2.75, 3.05) is 31.5 Å². The van der Waals surface area contributed by atoms with Crippen LogP contribution < -0.4 is 19.8 Å². The Bertz CT molecular complexity index is 905. The van der Waals surface area contributed by atoms with Crippen LogP contribution in [0.3, 0.4) is 0 Å². The van der Waals surface area contributed by atoms with Crippen LogP contribution in [0, 0.1) is 0 Å². The van der Waals surface area contributed by atoms with Crippen molar-refractivity contribution >= 4 is 15.7 Å². The first-order valence-electron chi connectivity index (χ1n) is 9.67. The Kier molecular flexibility index (Phi) is 7.13. The summed E-state index contributed by atoms with van der Waals surface area (Å²) in [5.74, 6) is 0.700. The minimum Gasteiger partial charge on any atom is -0.496 e. The summed E-state index contributed by atoms with van der Waals surface area (Å²) in [4.78, 5) is 5.07. The summed E-state index contributed by atoms with van der Waals surface area (Å²) in [5, 5.41) is 7.24. The van der Waals surface area contributed by atoms with Gasteiger partial charge in [-0.15, -0.1) is 4.47 Å². The zero-order valence-corrected chi connectivity index (χ0v) is 17.9. The fourth-order valence-corrected chi connectivity index (χ4v) is 4.58. The number of hydrogen-bond acceptors (Lipinski definition) is 6. The smallest absolute Gasteiger partial charge is 0.254 e. The molecule has 7 nitrogen and oxygen atoms in total. The number of anilines is 1. The lowest BCUT2D eigenvalue weighted by atomic mass is 9.92. The molecule has 0 aromatic heterocycles. The molecule has 8 heteroatoms. The van der Waals surface area contributed by atoms with Crippen molar-refractivity contribution in [3.05, 3.63) is 59.7 Å². The second-order valence-corrected chi connectivity index (χ2v) is 8.94. The van der Waals surface area contributed by atoms with Crippen LogP contribution in [0.15, 0.2) is 48.5 Å². The van der Waals surface area contributed by atoms with Crippen molar-refractivity contribution in [2.45, 2.75) is 31.5 Å². The molecule has 0 amide bonds. The lowest BCUT2D eigenvalue weighted by Crippen LogP contribution is -2.45. The topological polar surface area (TPSA) is 79.9 Å². The minimum atomic E-state index is -3.54. The highest BCUT2D eigenvalue weighted by atomic mass is 32.2. The number of hydrogen-bond donors (Lipinski definition) is 2. The van der Waals surface area contributed by atoms with Crippen LogP contribution in [-0.2, 0) is 21.4 Å². The lowest BCUT2D eigenvalue weighted by Gasteiger charge is -2.34. The van der Waals surface area contributed by atoms with Crippen LogP contribution in [0.1, 0.15) is 30.0 Å². The molecule has 2 atom stereocenters. The van der Waals surface area contributed by atoms with Gasteiger partial charge in [0.15, 0.2) is 0 Å². The molecule has 0 spiro atoms. The largest absolute Gasteiger partial charge is 0.496 e. The first-order valence-corrected chi connectivity index (χ1v) is 11.5. The van der Waals surface area contributed by atoms with Gasteiger partial charge in [0, 0.05) is 24.2 Å². The molecule has 0 aliphatic carbocycles. The van der Waals surface area contributed by atoms with Gasteiger partial charge in [0.05, 0.1) is 26.2 Å². The third kappa shape index (κ3) is 5.27. The molecule has 2 aromatic carbocycles. The number of methoxy groups -OCH3 is 1. The van der Waals surface area contributed by atoms with Crippen molar-refractivity contribution in [3.63, 3.8) is 0 Å². The first kappa shape index (κ1) is 21.6. The molecule has 0 saturated carbocycles. The first-order chi connectivity index (χ1) is 13.9. The maximum Gasteiger partial charge on any atom is 0.254 e. The second-order valence-electron chi connectivity index (χ2n) is 7.14. The number of piperidine rings is 1. The molecule has 2 unspecified atom stereocenters. The van der Waals surface area contributed by atoms with Crippen molar-refractivity contribution in [1.82, 2.24) is 10.6 Å². The molecule has 3 rings (SSSR count). The van der Waals surface area contributed by atoms with Crippen molar-refractivity contribution in [2.24, 2.45) is 0 Å². The number of nitrogens with zero attached hydrogens (tertiary/aromatic N) is 1. The van der Waals surface area contributed by atoms with Crippen LogP contribution in [-0.4, -0.2) is 41.5 Å². The monoisotopic (exact) mass is 419 g/mol. The average Bonchev–Trinajstić information content (AvgIpc) is 2.72. The Morgan fingerprint density at radius 3 is 2.59 bits per heavy atom. The molecule has 0 radical (unpaired) electrons. The lowest BCUT2D eigenvalue weighted by molar-refractivity contribution is 0.216. The summed E-state index contributed by atoms with van der Waals surface area (Å²) >= 11 is 0. The standard InChI is InChI=1S/C21H29N3O4S/c1-27-20-12-11-18(24(28-2)29(3,25)26)14-17(20)15-23-19-10-7-13-22-21(19)16-8-5-4-6-9-16/h4-6,8-9,11-12,14,19,21-23H,7,10,13,15H2,1-3H3. The van der Waals surface area contributed by atoms with E-state index in [1.54, 1.807) is 25.3 Å². The number of benzene rings is 2. The summed E-state index contributed by atoms with van der Waals surface area (Å²) < 4.78 is 30.4.